The maximum absolute atomic E-state index is 9.88. The van der Waals surface area contributed by atoms with Crippen molar-refractivity contribution in [3.63, 3.8) is 0 Å². The van der Waals surface area contributed by atoms with Crippen LogP contribution in [0.3, 0.4) is 0 Å². The molecule has 0 bridgehead atoms. The smallest absolute Gasteiger partial charge is 0.106 e. The second-order valence-corrected chi connectivity index (χ2v) is 1.61. The van der Waals surface area contributed by atoms with Gasteiger partial charge in [-0.15, -0.1) is 20.2 Å². The highest BCUT2D eigenvalue weighted by Crippen LogP contribution is 2.22. The van der Waals surface area contributed by atoms with E-state index in [1.807, 2.05) is 0 Å². The van der Waals surface area contributed by atoms with Crippen molar-refractivity contribution in [2.75, 3.05) is 0 Å². The maximum Gasteiger partial charge on any atom is 0.783 e. The molecule has 0 aliphatic carbocycles. The van der Waals surface area contributed by atoms with E-state index in [-0.39, 0.29) is 0 Å². The summed E-state index contributed by atoms with van der Waals surface area (Å²) >= 11 is 0. The molecule has 0 fully saturated rings. The SMILES string of the molecule is O=[N+]([O-])O[P+](=O)O[N+](=O)[O-]. The van der Waals surface area contributed by atoms with Crippen LogP contribution in [-0.2, 0) is 13.8 Å². The van der Waals surface area contributed by atoms with Crippen LogP contribution in [-0.4, -0.2) is 10.2 Å². The van der Waals surface area contributed by atoms with E-state index in [2.05, 4.69) is 9.25 Å². The first-order valence-electron chi connectivity index (χ1n) is 1.64. The molecule has 10 heavy (non-hydrogen) atoms. The monoisotopic (exact) mass is 171 g/mol. The molecule has 0 radical (unpaired) electrons. The summed E-state index contributed by atoms with van der Waals surface area (Å²) in [6.45, 7) is 0. The van der Waals surface area contributed by atoms with Crippen LogP contribution in [0.4, 0.5) is 0 Å². The van der Waals surface area contributed by atoms with Gasteiger partial charge >= 0.3 is 18.4 Å². The second-order valence-electron chi connectivity index (χ2n) is 0.834. The molecule has 0 rings (SSSR count). The van der Waals surface area contributed by atoms with Crippen molar-refractivity contribution in [3.8, 4) is 0 Å². The molecule has 0 spiro atoms. The summed E-state index contributed by atoms with van der Waals surface area (Å²) in [6.07, 6.45) is 0. The van der Waals surface area contributed by atoms with Crippen molar-refractivity contribution in [1.82, 2.24) is 0 Å². The molecule has 0 N–H and O–H groups in total. The van der Waals surface area contributed by atoms with Crippen molar-refractivity contribution < 1.29 is 24.0 Å². The molecule has 9 nitrogen and oxygen atoms in total. The Morgan fingerprint density at radius 2 is 1.40 bits per heavy atom. The van der Waals surface area contributed by atoms with E-state index >= 15 is 0 Å². The summed E-state index contributed by atoms with van der Waals surface area (Å²) in [4.78, 5) is 18.6. The lowest BCUT2D eigenvalue weighted by Crippen LogP contribution is -1.97. The van der Waals surface area contributed by atoms with Gasteiger partial charge in [0.05, 0.1) is 0 Å². The zero-order valence-electron chi connectivity index (χ0n) is 4.20. The molecule has 0 aromatic carbocycles. The molecule has 0 unspecified atom stereocenters. The summed E-state index contributed by atoms with van der Waals surface area (Å²) in [6, 6.07) is 0. The topological polar surface area (TPSA) is 122 Å². The second kappa shape index (κ2) is 3.51. The van der Waals surface area contributed by atoms with Crippen LogP contribution in [0.15, 0.2) is 0 Å². The Kier molecular flexibility index (Phi) is 2.98. The zero-order valence-corrected chi connectivity index (χ0v) is 5.09. The van der Waals surface area contributed by atoms with Crippen molar-refractivity contribution in [2.24, 2.45) is 0 Å². The lowest BCUT2D eigenvalue weighted by molar-refractivity contribution is -0.746. The van der Waals surface area contributed by atoms with Gasteiger partial charge in [0.15, 0.2) is 0 Å². The Bertz CT molecular complexity index is 154. The first kappa shape index (κ1) is 8.50. The van der Waals surface area contributed by atoms with Crippen molar-refractivity contribution in [1.29, 1.82) is 0 Å². The highest BCUT2D eigenvalue weighted by atomic mass is 31.1. The van der Waals surface area contributed by atoms with Gasteiger partial charge in [-0.2, -0.15) is 0 Å². The van der Waals surface area contributed by atoms with E-state index < -0.39 is 18.4 Å². The van der Waals surface area contributed by atoms with Gasteiger partial charge in [-0.05, 0) is 9.25 Å². The quantitative estimate of drug-likeness (QED) is 0.332. The third-order valence-corrected chi connectivity index (χ3v) is 0.800. The van der Waals surface area contributed by atoms with Crippen LogP contribution in [0, 0.1) is 20.2 Å². The molecule has 0 aliphatic rings. The number of nitrogens with zero attached hydrogens (tertiary/aromatic N) is 2. The molecule has 0 saturated carbocycles. The van der Waals surface area contributed by atoms with Crippen molar-refractivity contribution >= 4 is 8.25 Å². The Balaban J connectivity index is 3.65. The van der Waals surface area contributed by atoms with Crippen molar-refractivity contribution in [3.05, 3.63) is 20.2 Å². The predicted molar refractivity (Wildman–Crippen MR) is 23.8 cm³/mol. The Morgan fingerprint density at radius 1 is 1.10 bits per heavy atom. The highest BCUT2D eigenvalue weighted by molar-refractivity contribution is 7.32. The summed E-state index contributed by atoms with van der Waals surface area (Å²) in [5, 5.41) is 15.7. The minimum Gasteiger partial charge on any atom is -0.106 e. The molecule has 0 heterocycles. The van der Waals surface area contributed by atoms with E-state index in [4.69, 9.17) is 0 Å². The molecule has 56 valence electrons. The maximum atomic E-state index is 9.88. The molecule has 0 aromatic heterocycles. The Hall–Kier alpha value is -1.50. The molecular weight excluding hydrogens is 171 g/mol. The number of hydrogen-bond acceptors (Lipinski definition) is 7. The lowest BCUT2D eigenvalue weighted by Gasteiger charge is -1.75. The number of hydrogen-bond donors (Lipinski definition) is 0. The minimum absolute atomic E-state index is 1.46. The summed E-state index contributed by atoms with van der Waals surface area (Å²) in [5.41, 5.74) is 0. The van der Waals surface area contributed by atoms with Crippen LogP contribution >= 0.6 is 8.25 Å². The Morgan fingerprint density at radius 3 is 1.60 bits per heavy atom. The summed E-state index contributed by atoms with van der Waals surface area (Å²) in [5.74, 6) is 0. The van der Waals surface area contributed by atoms with E-state index in [1.54, 1.807) is 0 Å². The average molecular weight is 171 g/mol. The van der Waals surface area contributed by atoms with Crippen molar-refractivity contribution in [2.45, 2.75) is 0 Å². The van der Waals surface area contributed by atoms with Crippen LogP contribution in [0.25, 0.3) is 0 Å². The summed E-state index contributed by atoms with van der Waals surface area (Å²) in [7, 11) is -3.31. The minimum atomic E-state index is -3.31. The van der Waals surface area contributed by atoms with Gasteiger partial charge in [0.1, 0.15) is 0 Å². The van der Waals surface area contributed by atoms with Gasteiger partial charge in [-0.3, -0.25) is 0 Å². The molecule has 0 saturated heterocycles. The number of rotatable bonds is 4. The van der Waals surface area contributed by atoms with Gasteiger partial charge in [-0.1, -0.05) is 0 Å². The molecule has 0 amide bonds. The zero-order chi connectivity index (χ0) is 8.15. The third-order valence-electron chi connectivity index (χ3n) is 0.267. The van der Waals surface area contributed by atoms with Crippen LogP contribution in [0.2, 0.25) is 0 Å². The largest absolute Gasteiger partial charge is 0.783 e. The first-order valence-corrected chi connectivity index (χ1v) is 2.74. The normalized spacial score (nSPS) is 8.00. The molecular formula is N2O7P+. The van der Waals surface area contributed by atoms with Gasteiger partial charge in [-0.25, -0.2) is 0 Å². The molecule has 10 heteroatoms. The molecule has 0 aliphatic heterocycles. The van der Waals surface area contributed by atoms with Crippen LogP contribution in [0.5, 0.6) is 0 Å². The molecule has 0 aromatic rings. The highest BCUT2D eigenvalue weighted by Gasteiger charge is 2.29. The van der Waals surface area contributed by atoms with E-state index in [0.29, 0.717) is 0 Å². The summed E-state index contributed by atoms with van der Waals surface area (Å²) < 4.78 is 16.1. The third kappa shape index (κ3) is 4.65. The fraction of sp³-hybridized carbons (Fsp3) is 0. The van der Waals surface area contributed by atoms with E-state index in [0.717, 1.165) is 0 Å². The van der Waals surface area contributed by atoms with Crippen LogP contribution < -0.4 is 0 Å². The fourth-order valence-corrected chi connectivity index (χ4v) is 0.371. The standard InChI is InChI=1S/N2O7P/c3-1(4)8-10(7)9-2(5)6/q+1. The first-order chi connectivity index (χ1) is 4.52. The Labute approximate surface area is 53.7 Å². The van der Waals surface area contributed by atoms with Crippen LogP contribution in [0.1, 0.15) is 0 Å². The van der Waals surface area contributed by atoms with E-state index in [1.165, 1.54) is 0 Å². The van der Waals surface area contributed by atoms with Gasteiger partial charge in [0.25, 0.3) is 0 Å². The van der Waals surface area contributed by atoms with Gasteiger partial charge in [0.2, 0.25) is 0 Å². The molecule has 0 atom stereocenters. The lowest BCUT2D eigenvalue weighted by atomic mass is 13.1. The fourth-order valence-electron chi connectivity index (χ4n) is 0.124. The van der Waals surface area contributed by atoms with Gasteiger partial charge in [0, 0.05) is 4.57 Å². The van der Waals surface area contributed by atoms with E-state index in [9.17, 15) is 24.8 Å². The predicted octanol–water partition coefficient (Wildman–Crippen LogP) is 0.0604. The average Bonchev–Trinajstić information content (AvgIpc) is 1.58. The van der Waals surface area contributed by atoms with Gasteiger partial charge < -0.3 is 0 Å².